The van der Waals surface area contributed by atoms with Crippen LogP contribution in [0.4, 0.5) is 8.78 Å². The number of rotatable bonds is 4. The van der Waals surface area contributed by atoms with Gasteiger partial charge in [0.15, 0.2) is 5.82 Å². The van der Waals surface area contributed by atoms with Crippen LogP contribution >= 0.6 is 0 Å². The van der Waals surface area contributed by atoms with Crippen molar-refractivity contribution in [3.63, 3.8) is 0 Å². The number of amides is 1. The molecule has 2 fully saturated rings. The number of alkyl halides is 2. The van der Waals surface area contributed by atoms with E-state index in [1.165, 1.54) is 4.90 Å². The first-order valence-corrected chi connectivity index (χ1v) is 10.5. The van der Waals surface area contributed by atoms with Gasteiger partial charge >= 0.3 is 0 Å². The van der Waals surface area contributed by atoms with Crippen LogP contribution in [-0.2, 0) is 9.53 Å². The molecule has 0 saturated carbocycles. The Balaban J connectivity index is 1.40. The van der Waals surface area contributed by atoms with Crippen molar-refractivity contribution in [2.45, 2.75) is 44.1 Å². The van der Waals surface area contributed by atoms with Crippen LogP contribution < -0.4 is 0 Å². The average molecular weight is 431 g/mol. The fourth-order valence-corrected chi connectivity index (χ4v) is 4.20. The molecule has 1 aromatic carbocycles. The summed E-state index contributed by atoms with van der Waals surface area (Å²) < 4.78 is 41.6. The molecular formula is C21H23F2N5O3. The van der Waals surface area contributed by atoms with E-state index < -0.39 is 24.8 Å². The molecule has 164 valence electrons. The molecule has 2 aliphatic heterocycles. The zero-order valence-corrected chi connectivity index (χ0v) is 17.1. The maximum Gasteiger partial charge on any atom is 0.266 e. The third-order valence-electron chi connectivity index (χ3n) is 5.99. The van der Waals surface area contributed by atoms with Gasteiger partial charge in [0.05, 0.1) is 37.5 Å². The van der Waals surface area contributed by atoms with Gasteiger partial charge in [0.2, 0.25) is 5.91 Å². The van der Waals surface area contributed by atoms with E-state index in [0.29, 0.717) is 25.2 Å². The molecule has 2 aromatic heterocycles. The Hall–Kier alpha value is -2.88. The van der Waals surface area contributed by atoms with Gasteiger partial charge in [0.25, 0.3) is 11.8 Å². The van der Waals surface area contributed by atoms with Crippen LogP contribution in [0.1, 0.15) is 44.0 Å². The van der Waals surface area contributed by atoms with E-state index in [1.54, 1.807) is 13.1 Å². The van der Waals surface area contributed by atoms with E-state index in [1.807, 2.05) is 22.9 Å². The molecule has 0 radical (unpaired) electrons. The van der Waals surface area contributed by atoms with Crippen LogP contribution in [0.2, 0.25) is 0 Å². The Morgan fingerprint density at radius 3 is 2.90 bits per heavy atom. The Kier molecular flexibility index (Phi) is 4.96. The summed E-state index contributed by atoms with van der Waals surface area (Å²) in [5, 5.41) is 9.43. The molecule has 1 amide bonds. The summed E-state index contributed by atoms with van der Waals surface area (Å²) >= 11 is 0. The molecule has 10 heteroatoms. The van der Waals surface area contributed by atoms with Crippen LogP contribution in [0.15, 0.2) is 28.9 Å². The number of hydrogen-bond acceptors (Lipinski definition) is 6. The van der Waals surface area contributed by atoms with E-state index in [4.69, 9.17) is 9.26 Å². The summed E-state index contributed by atoms with van der Waals surface area (Å²) in [4.78, 5) is 17.6. The monoisotopic (exact) mass is 431 g/mol. The number of halogens is 2. The number of carbonyl (C=O) groups excluding carboxylic acids is 1. The zero-order valence-electron chi connectivity index (χ0n) is 17.1. The maximum atomic E-state index is 14.5. The molecule has 4 heterocycles. The number of hydrogen-bond donors (Lipinski definition) is 0. The Morgan fingerprint density at radius 1 is 1.32 bits per heavy atom. The lowest BCUT2D eigenvalue weighted by Crippen LogP contribution is -2.39. The van der Waals surface area contributed by atoms with Gasteiger partial charge in [-0.25, -0.2) is 8.78 Å². The van der Waals surface area contributed by atoms with Gasteiger partial charge in [0.1, 0.15) is 0 Å². The smallest absolute Gasteiger partial charge is 0.266 e. The number of ether oxygens (including phenoxy) is 1. The van der Waals surface area contributed by atoms with Crippen molar-refractivity contribution in [1.29, 1.82) is 0 Å². The lowest BCUT2D eigenvalue weighted by atomic mass is 9.98. The van der Waals surface area contributed by atoms with Crippen molar-refractivity contribution in [2.24, 2.45) is 0 Å². The fraction of sp³-hybridized carbons (Fsp3) is 0.524. The van der Waals surface area contributed by atoms with Crippen LogP contribution in [0.5, 0.6) is 0 Å². The lowest BCUT2D eigenvalue weighted by molar-refractivity contribution is -0.135. The Labute approximate surface area is 177 Å². The summed E-state index contributed by atoms with van der Waals surface area (Å²) in [6.45, 7) is 2.62. The van der Waals surface area contributed by atoms with Gasteiger partial charge in [-0.2, -0.15) is 10.1 Å². The largest absolute Gasteiger partial charge is 0.377 e. The highest BCUT2D eigenvalue weighted by Crippen LogP contribution is 2.36. The molecule has 3 aromatic rings. The van der Waals surface area contributed by atoms with Crippen molar-refractivity contribution in [1.82, 2.24) is 24.8 Å². The van der Waals surface area contributed by atoms with Gasteiger partial charge < -0.3 is 14.2 Å². The number of likely N-dealkylation sites (tertiary alicyclic amines) is 1. The highest BCUT2D eigenvalue weighted by molar-refractivity contribution is 5.83. The van der Waals surface area contributed by atoms with Gasteiger partial charge in [-0.15, -0.1) is 0 Å². The third-order valence-corrected chi connectivity index (χ3v) is 5.99. The van der Waals surface area contributed by atoms with Gasteiger partial charge in [-0.05, 0) is 18.6 Å². The van der Waals surface area contributed by atoms with Crippen LogP contribution in [0, 0.1) is 0 Å². The molecule has 2 saturated heterocycles. The summed E-state index contributed by atoms with van der Waals surface area (Å²) in [6.07, 6.45) is 1.97. The molecule has 5 rings (SSSR count). The number of carbonyl (C=O) groups is 1. The first kappa shape index (κ1) is 20.0. The van der Waals surface area contributed by atoms with Crippen LogP contribution in [-0.4, -0.2) is 63.0 Å². The SMILES string of the molecule is CCC(=O)N1CCC(c2noc(-c3ccc4cnn(C5COC5)c4c3)n2)CC(F)(F)C1. The molecule has 0 aliphatic carbocycles. The van der Waals surface area contributed by atoms with Crippen molar-refractivity contribution in [2.75, 3.05) is 26.3 Å². The highest BCUT2D eigenvalue weighted by Gasteiger charge is 2.41. The number of fused-ring (bicyclic) bond motifs is 1. The van der Waals surface area contributed by atoms with E-state index in [-0.39, 0.29) is 36.6 Å². The normalized spacial score (nSPS) is 21.8. The molecule has 0 spiro atoms. The van der Waals surface area contributed by atoms with E-state index in [0.717, 1.165) is 10.9 Å². The summed E-state index contributed by atoms with van der Waals surface area (Å²) in [7, 11) is 0. The van der Waals surface area contributed by atoms with E-state index in [9.17, 15) is 13.6 Å². The predicted molar refractivity (Wildman–Crippen MR) is 107 cm³/mol. The quantitative estimate of drug-likeness (QED) is 0.629. The van der Waals surface area contributed by atoms with Gasteiger partial charge in [-0.1, -0.05) is 18.1 Å². The Morgan fingerprint density at radius 2 is 2.16 bits per heavy atom. The van der Waals surface area contributed by atoms with Crippen LogP contribution in [0.25, 0.3) is 22.4 Å². The molecule has 1 unspecified atom stereocenters. The van der Waals surface area contributed by atoms with Crippen molar-refractivity contribution >= 4 is 16.8 Å². The van der Waals surface area contributed by atoms with Gasteiger partial charge in [-0.3, -0.25) is 9.48 Å². The number of aromatic nitrogens is 4. The Bertz CT molecular complexity index is 1110. The minimum absolute atomic E-state index is 0.202. The van der Waals surface area contributed by atoms with Crippen molar-refractivity contribution in [3.05, 3.63) is 30.2 Å². The molecule has 0 bridgehead atoms. The molecule has 2 aliphatic rings. The van der Waals surface area contributed by atoms with Crippen molar-refractivity contribution in [3.8, 4) is 11.5 Å². The molecular weight excluding hydrogens is 408 g/mol. The number of benzene rings is 1. The molecule has 1 atom stereocenters. The molecule has 31 heavy (non-hydrogen) atoms. The van der Waals surface area contributed by atoms with Crippen molar-refractivity contribution < 1.29 is 22.8 Å². The maximum absolute atomic E-state index is 14.5. The first-order valence-electron chi connectivity index (χ1n) is 10.5. The second-order valence-corrected chi connectivity index (χ2v) is 8.23. The highest BCUT2D eigenvalue weighted by atomic mass is 19.3. The topological polar surface area (TPSA) is 86.3 Å². The summed E-state index contributed by atoms with van der Waals surface area (Å²) in [6, 6.07) is 5.90. The fourth-order valence-electron chi connectivity index (χ4n) is 4.20. The average Bonchev–Trinajstić information content (AvgIpc) is 3.32. The third kappa shape index (κ3) is 3.80. The first-order chi connectivity index (χ1) is 14.9. The minimum atomic E-state index is -3.00. The number of nitrogens with zero attached hydrogens (tertiary/aromatic N) is 5. The summed E-state index contributed by atoms with van der Waals surface area (Å²) in [5.41, 5.74) is 1.64. The molecule has 0 N–H and O–H groups in total. The predicted octanol–water partition coefficient (Wildman–Crippen LogP) is 3.41. The van der Waals surface area contributed by atoms with E-state index >= 15 is 0 Å². The van der Waals surface area contributed by atoms with Crippen LogP contribution in [0.3, 0.4) is 0 Å². The molecule has 8 nitrogen and oxygen atoms in total. The summed E-state index contributed by atoms with van der Waals surface area (Å²) in [5.74, 6) is -3.31. The minimum Gasteiger partial charge on any atom is -0.377 e. The lowest BCUT2D eigenvalue weighted by Gasteiger charge is -2.26. The standard InChI is InChI=1S/C21H23F2N5O3/c1-2-18(29)27-6-5-14(8-21(22,23)12-27)19-25-20(31-26-19)13-3-4-15-9-24-28(17(15)7-13)16-10-30-11-16/h3-4,7,9,14,16H,2,5-6,8,10-12H2,1H3. The van der Waals surface area contributed by atoms with E-state index in [2.05, 4.69) is 15.2 Å². The zero-order chi connectivity index (χ0) is 21.6. The second kappa shape index (κ2) is 7.67. The second-order valence-electron chi connectivity index (χ2n) is 8.23. The van der Waals surface area contributed by atoms with Gasteiger partial charge in [0, 0.05) is 36.3 Å².